The molecule has 234 valence electrons. The number of fused-ring (bicyclic) bond motifs is 5. The number of rotatable bonds is 6. The van der Waals surface area contributed by atoms with Gasteiger partial charge >= 0.3 is 11.9 Å². The zero-order valence-corrected chi connectivity index (χ0v) is 27.3. The summed E-state index contributed by atoms with van der Waals surface area (Å²) in [7, 11) is 0. The van der Waals surface area contributed by atoms with Gasteiger partial charge in [0.1, 0.15) is 12.2 Å². The van der Waals surface area contributed by atoms with Gasteiger partial charge < -0.3 is 9.47 Å². The molecule has 0 N–H and O–H groups in total. The molecule has 4 fully saturated rings. The van der Waals surface area contributed by atoms with Gasteiger partial charge in [-0.05, 0) is 110 Å². The van der Waals surface area contributed by atoms with E-state index in [-0.39, 0.29) is 35.0 Å². The minimum atomic E-state index is -0.162. The van der Waals surface area contributed by atoms with Crippen molar-refractivity contribution in [2.45, 2.75) is 98.2 Å². The average Bonchev–Trinajstić information content (AvgIpc) is 3.37. The Hall–Kier alpha value is -3.14. The van der Waals surface area contributed by atoms with E-state index in [0.717, 1.165) is 32.1 Å². The second-order valence-electron chi connectivity index (χ2n) is 14.7. The van der Waals surface area contributed by atoms with Gasteiger partial charge in [-0.25, -0.2) is 0 Å². The van der Waals surface area contributed by atoms with Crippen molar-refractivity contribution in [2.75, 3.05) is 0 Å². The molecule has 4 nitrogen and oxygen atoms in total. The van der Waals surface area contributed by atoms with Crippen molar-refractivity contribution >= 4 is 17.5 Å². The lowest BCUT2D eigenvalue weighted by Crippen LogP contribution is -2.59. The molecule has 0 saturated heterocycles. The van der Waals surface area contributed by atoms with E-state index < -0.39 is 0 Å². The Morgan fingerprint density at radius 1 is 0.727 bits per heavy atom. The fourth-order valence-corrected chi connectivity index (χ4v) is 10.5. The normalized spacial score (nSPS) is 36.3. The molecule has 4 aliphatic rings. The third-order valence-corrected chi connectivity index (χ3v) is 12.6. The van der Waals surface area contributed by atoms with Crippen LogP contribution in [0.4, 0.5) is 0 Å². The van der Waals surface area contributed by atoms with Crippen LogP contribution < -0.4 is 0 Å². The Morgan fingerprint density at radius 2 is 1.36 bits per heavy atom. The molecule has 0 radical (unpaired) electrons. The van der Waals surface area contributed by atoms with Crippen molar-refractivity contribution in [3.8, 4) is 0 Å². The Kier molecular flexibility index (Phi) is 8.65. The molecule has 0 heterocycles. The highest BCUT2D eigenvalue weighted by Gasteiger charge is 2.64. The van der Waals surface area contributed by atoms with Gasteiger partial charge in [0.25, 0.3) is 0 Å². The van der Waals surface area contributed by atoms with Crippen LogP contribution >= 0.6 is 0 Å². The van der Waals surface area contributed by atoms with Gasteiger partial charge in [0.05, 0.1) is 0 Å². The summed E-state index contributed by atoms with van der Waals surface area (Å²) in [6.07, 6.45) is 13.3. The lowest BCUT2D eigenvalue weighted by molar-refractivity contribution is -0.193. The van der Waals surface area contributed by atoms with Gasteiger partial charge in [-0.2, -0.15) is 0 Å². The van der Waals surface area contributed by atoms with Gasteiger partial charge in [0.15, 0.2) is 0 Å². The summed E-state index contributed by atoms with van der Waals surface area (Å²) >= 11 is 0. The van der Waals surface area contributed by atoms with Crippen molar-refractivity contribution in [3.63, 3.8) is 0 Å². The summed E-state index contributed by atoms with van der Waals surface area (Å²) in [4.78, 5) is 24.3. The van der Waals surface area contributed by atoms with Crippen LogP contribution in [-0.2, 0) is 19.1 Å². The molecule has 4 aliphatic carbocycles. The third-order valence-electron chi connectivity index (χ3n) is 12.6. The van der Waals surface area contributed by atoms with Crippen molar-refractivity contribution in [1.29, 1.82) is 0 Å². The SMILES string of the molecule is CC(=O)OC1CCC2(C)C(CCC3C2CC(OC(C)=O)C2(C)C(/C(C)=C/C=C(c4ccccc4)c4ccccc4)CCC32)C1. The van der Waals surface area contributed by atoms with E-state index in [9.17, 15) is 9.59 Å². The fourth-order valence-electron chi connectivity index (χ4n) is 10.5. The highest BCUT2D eigenvalue weighted by molar-refractivity contribution is 5.80. The zero-order chi connectivity index (χ0) is 31.1. The standard InChI is InChI=1S/C40H50O4/c1-26(16-18-33(29-12-8-6-9-13-29)30-14-10-7-11-15-30)35-20-21-36-34-19-17-31-24-32(43-27(2)41)22-23-39(31,4)37(34)25-38(40(35,36)5)44-28(3)42/h6-16,18,31-32,34-38H,17,19-25H2,1-5H3/b26-16+. The first kappa shape index (κ1) is 30.9. The summed E-state index contributed by atoms with van der Waals surface area (Å²) in [5.41, 5.74) is 5.15. The highest BCUT2D eigenvalue weighted by atomic mass is 16.5. The third kappa shape index (κ3) is 5.59. The largest absolute Gasteiger partial charge is 0.463 e. The average molecular weight is 595 g/mol. The van der Waals surface area contributed by atoms with E-state index in [1.54, 1.807) is 6.92 Å². The summed E-state index contributed by atoms with van der Waals surface area (Å²) < 4.78 is 12.0. The molecule has 6 rings (SSSR count). The van der Waals surface area contributed by atoms with Crippen molar-refractivity contribution in [3.05, 3.63) is 89.5 Å². The Bertz CT molecular complexity index is 1370. The van der Waals surface area contributed by atoms with Crippen LogP contribution in [-0.4, -0.2) is 24.1 Å². The molecule has 0 aliphatic heterocycles. The number of hydrogen-bond acceptors (Lipinski definition) is 4. The second-order valence-corrected chi connectivity index (χ2v) is 14.7. The molecule has 0 aromatic heterocycles. The number of ether oxygens (including phenoxy) is 2. The van der Waals surface area contributed by atoms with E-state index in [1.165, 1.54) is 48.5 Å². The maximum absolute atomic E-state index is 12.6. The van der Waals surface area contributed by atoms with Gasteiger partial charge in [-0.1, -0.05) is 92.2 Å². The number of carbonyl (C=O) groups is 2. The zero-order valence-electron chi connectivity index (χ0n) is 27.3. The maximum Gasteiger partial charge on any atom is 0.302 e. The molecule has 0 amide bonds. The smallest absolute Gasteiger partial charge is 0.302 e. The van der Waals surface area contributed by atoms with Crippen LogP contribution in [0.1, 0.15) is 97.1 Å². The van der Waals surface area contributed by atoms with Crippen LogP contribution in [0, 0.1) is 40.4 Å². The number of hydrogen-bond donors (Lipinski definition) is 0. The Balaban J connectivity index is 1.31. The van der Waals surface area contributed by atoms with Gasteiger partial charge in [-0.3, -0.25) is 9.59 Å². The molecule has 9 atom stereocenters. The molecule has 0 spiro atoms. The quantitative estimate of drug-likeness (QED) is 0.247. The first-order valence-corrected chi connectivity index (χ1v) is 16.9. The minimum absolute atomic E-state index is 0.0496. The van der Waals surface area contributed by atoms with Gasteiger partial charge in [0, 0.05) is 19.3 Å². The lowest BCUT2D eigenvalue weighted by Gasteiger charge is -2.62. The fraction of sp³-hybridized carbons (Fsp3) is 0.550. The molecule has 44 heavy (non-hydrogen) atoms. The monoisotopic (exact) mass is 594 g/mol. The van der Waals surface area contributed by atoms with Crippen molar-refractivity contribution in [2.24, 2.45) is 40.4 Å². The predicted molar refractivity (Wildman–Crippen MR) is 175 cm³/mol. The molecule has 4 saturated carbocycles. The molecule has 0 bridgehead atoms. The summed E-state index contributed by atoms with van der Waals surface area (Å²) in [6.45, 7) is 10.4. The minimum Gasteiger partial charge on any atom is -0.463 e. The first-order chi connectivity index (χ1) is 21.1. The number of carbonyl (C=O) groups excluding carboxylic acids is 2. The second kappa shape index (κ2) is 12.3. The maximum atomic E-state index is 12.6. The van der Waals surface area contributed by atoms with Crippen LogP contribution in [0.25, 0.3) is 5.57 Å². The topological polar surface area (TPSA) is 52.6 Å². The summed E-state index contributed by atoms with van der Waals surface area (Å²) in [6, 6.07) is 21.3. The Labute approximate surface area is 264 Å². The number of benzene rings is 2. The lowest BCUT2D eigenvalue weighted by atomic mass is 9.44. The van der Waals surface area contributed by atoms with Crippen molar-refractivity contribution < 1.29 is 19.1 Å². The van der Waals surface area contributed by atoms with E-state index in [2.05, 4.69) is 93.6 Å². The molecular weight excluding hydrogens is 544 g/mol. The van der Waals surface area contributed by atoms with Crippen LogP contribution in [0.15, 0.2) is 78.4 Å². The van der Waals surface area contributed by atoms with E-state index in [4.69, 9.17) is 9.47 Å². The molecule has 2 aromatic carbocycles. The highest BCUT2D eigenvalue weighted by Crippen LogP contribution is 2.68. The van der Waals surface area contributed by atoms with E-state index >= 15 is 0 Å². The van der Waals surface area contributed by atoms with Crippen LogP contribution in [0.3, 0.4) is 0 Å². The van der Waals surface area contributed by atoms with Crippen LogP contribution in [0.2, 0.25) is 0 Å². The number of esters is 2. The summed E-state index contributed by atoms with van der Waals surface area (Å²) in [5.74, 6) is 2.32. The van der Waals surface area contributed by atoms with Crippen molar-refractivity contribution in [1.82, 2.24) is 0 Å². The number of allylic oxidation sites excluding steroid dienone is 3. The molecule has 4 heteroatoms. The van der Waals surface area contributed by atoms with Gasteiger partial charge in [0.2, 0.25) is 0 Å². The molecule has 9 unspecified atom stereocenters. The van der Waals surface area contributed by atoms with E-state index in [1.807, 2.05) is 0 Å². The Morgan fingerprint density at radius 3 is 1.98 bits per heavy atom. The predicted octanol–water partition coefficient (Wildman–Crippen LogP) is 9.20. The van der Waals surface area contributed by atoms with Crippen LogP contribution in [0.5, 0.6) is 0 Å². The first-order valence-electron chi connectivity index (χ1n) is 16.9. The van der Waals surface area contributed by atoms with Gasteiger partial charge in [-0.15, -0.1) is 0 Å². The molecular formula is C40H50O4. The molecule has 2 aromatic rings. The van der Waals surface area contributed by atoms with E-state index in [0.29, 0.717) is 29.6 Å². The summed E-state index contributed by atoms with van der Waals surface area (Å²) in [5, 5.41) is 0.